The maximum atomic E-state index is 11.7. The van der Waals surface area contributed by atoms with Crippen molar-refractivity contribution in [1.82, 2.24) is 9.97 Å². The smallest absolute Gasteiger partial charge is 0.309 e. The van der Waals surface area contributed by atoms with E-state index in [0.29, 0.717) is 24.1 Å². The number of carbonyl (C=O) groups excluding carboxylic acids is 1. The highest BCUT2D eigenvalue weighted by molar-refractivity contribution is 5.99. The maximum absolute atomic E-state index is 11.7. The second-order valence-corrected chi connectivity index (χ2v) is 3.70. The lowest BCUT2D eigenvalue weighted by molar-refractivity contribution is -0.136. The Morgan fingerprint density at radius 3 is 2.81 bits per heavy atom. The number of aliphatic carboxylic acids is 1. The van der Waals surface area contributed by atoms with Gasteiger partial charge in [-0.05, 0) is 12.8 Å². The summed E-state index contributed by atoms with van der Waals surface area (Å²) >= 11 is 0. The summed E-state index contributed by atoms with van der Waals surface area (Å²) in [5, 5.41) is 8.73. The topological polar surface area (TPSA) is 106 Å². The molecule has 84 valence electrons. The van der Waals surface area contributed by atoms with E-state index in [1.54, 1.807) is 0 Å². The summed E-state index contributed by atoms with van der Waals surface area (Å²) in [4.78, 5) is 30.2. The van der Waals surface area contributed by atoms with Gasteiger partial charge in [-0.2, -0.15) is 0 Å². The number of nitrogens with two attached hydrogens (primary N) is 1. The first-order chi connectivity index (χ1) is 7.58. The Hall–Kier alpha value is -1.98. The number of carbonyl (C=O) groups is 2. The molecule has 0 unspecified atom stereocenters. The predicted octanol–water partition coefficient (Wildman–Crippen LogP) is 0.205. The van der Waals surface area contributed by atoms with Crippen molar-refractivity contribution in [2.75, 3.05) is 5.73 Å². The zero-order valence-electron chi connectivity index (χ0n) is 8.56. The maximum Gasteiger partial charge on any atom is 0.309 e. The zero-order chi connectivity index (χ0) is 11.7. The molecule has 6 heteroatoms. The lowest BCUT2D eigenvalue weighted by Gasteiger charge is -2.16. The number of rotatable bonds is 2. The molecule has 0 aliphatic heterocycles. The van der Waals surface area contributed by atoms with Crippen molar-refractivity contribution in [2.45, 2.75) is 25.7 Å². The molecule has 0 amide bonds. The Morgan fingerprint density at radius 2 is 2.12 bits per heavy atom. The van der Waals surface area contributed by atoms with Crippen LogP contribution in [0.2, 0.25) is 0 Å². The van der Waals surface area contributed by atoms with Gasteiger partial charge in [0.2, 0.25) is 5.95 Å². The molecule has 0 atom stereocenters. The van der Waals surface area contributed by atoms with Gasteiger partial charge in [-0.15, -0.1) is 0 Å². The first-order valence-electron chi connectivity index (χ1n) is 4.98. The van der Waals surface area contributed by atoms with Crippen LogP contribution in [-0.4, -0.2) is 26.8 Å². The van der Waals surface area contributed by atoms with Crippen LogP contribution in [0.25, 0.3) is 0 Å². The van der Waals surface area contributed by atoms with Gasteiger partial charge in [0.15, 0.2) is 5.78 Å². The van der Waals surface area contributed by atoms with Crippen LogP contribution in [0.15, 0.2) is 0 Å². The number of nitrogen functional groups attached to an aromatic ring is 1. The molecule has 0 saturated heterocycles. The van der Waals surface area contributed by atoms with Crippen LogP contribution in [-0.2, 0) is 17.6 Å². The molecule has 0 bridgehead atoms. The van der Waals surface area contributed by atoms with E-state index in [9.17, 15) is 9.59 Å². The quantitative estimate of drug-likeness (QED) is 0.739. The Kier molecular flexibility index (Phi) is 2.55. The molecule has 0 spiro atoms. The first kappa shape index (κ1) is 10.5. The van der Waals surface area contributed by atoms with Crippen molar-refractivity contribution in [3.63, 3.8) is 0 Å². The Labute approximate surface area is 91.5 Å². The van der Waals surface area contributed by atoms with Gasteiger partial charge in [0.05, 0.1) is 23.4 Å². The van der Waals surface area contributed by atoms with E-state index in [4.69, 9.17) is 10.8 Å². The van der Waals surface area contributed by atoms with E-state index in [-0.39, 0.29) is 23.8 Å². The van der Waals surface area contributed by atoms with Gasteiger partial charge in [-0.25, -0.2) is 9.97 Å². The summed E-state index contributed by atoms with van der Waals surface area (Å²) in [7, 11) is 0. The van der Waals surface area contributed by atoms with Gasteiger partial charge < -0.3 is 10.8 Å². The highest BCUT2D eigenvalue weighted by Crippen LogP contribution is 2.23. The third-order valence-corrected chi connectivity index (χ3v) is 2.49. The van der Waals surface area contributed by atoms with Crippen molar-refractivity contribution < 1.29 is 14.7 Å². The third-order valence-electron chi connectivity index (χ3n) is 2.49. The molecule has 1 aromatic heterocycles. The Balaban J connectivity index is 2.54. The van der Waals surface area contributed by atoms with Gasteiger partial charge in [-0.1, -0.05) is 0 Å². The Morgan fingerprint density at radius 1 is 1.38 bits per heavy atom. The lowest BCUT2D eigenvalue weighted by Crippen LogP contribution is -2.20. The third kappa shape index (κ3) is 1.86. The number of ketones is 1. The summed E-state index contributed by atoms with van der Waals surface area (Å²) in [6.45, 7) is 0. The minimum atomic E-state index is -1.03. The molecule has 2 rings (SSSR count). The minimum Gasteiger partial charge on any atom is -0.481 e. The first-order valence-corrected chi connectivity index (χ1v) is 4.98. The van der Waals surface area contributed by atoms with Gasteiger partial charge in [0.1, 0.15) is 0 Å². The van der Waals surface area contributed by atoms with E-state index in [1.165, 1.54) is 0 Å². The molecule has 1 aliphatic rings. The molecular weight excluding hydrogens is 210 g/mol. The van der Waals surface area contributed by atoms with Crippen molar-refractivity contribution in [2.24, 2.45) is 0 Å². The molecule has 0 saturated carbocycles. The number of hydrogen-bond donors (Lipinski definition) is 2. The fraction of sp³-hybridized carbons (Fsp3) is 0.400. The fourth-order valence-electron chi connectivity index (χ4n) is 1.90. The molecule has 1 heterocycles. The van der Waals surface area contributed by atoms with Gasteiger partial charge in [0, 0.05) is 6.42 Å². The average Bonchev–Trinajstić information content (AvgIpc) is 2.15. The van der Waals surface area contributed by atoms with Crippen LogP contribution in [0.4, 0.5) is 5.95 Å². The van der Waals surface area contributed by atoms with Crippen LogP contribution >= 0.6 is 0 Å². The van der Waals surface area contributed by atoms with Crippen molar-refractivity contribution >= 4 is 17.7 Å². The monoisotopic (exact) mass is 221 g/mol. The van der Waals surface area contributed by atoms with Crippen LogP contribution in [0.5, 0.6) is 0 Å². The minimum absolute atomic E-state index is 0.0321. The van der Waals surface area contributed by atoms with Crippen LogP contribution in [0.1, 0.15) is 34.6 Å². The number of carboxylic acids is 1. The van der Waals surface area contributed by atoms with Crippen LogP contribution in [0, 0.1) is 0 Å². The van der Waals surface area contributed by atoms with E-state index < -0.39 is 5.97 Å². The zero-order valence-corrected chi connectivity index (χ0v) is 8.56. The van der Waals surface area contributed by atoms with Crippen molar-refractivity contribution in [3.8, 4) is 0 Å². The number of carboxylic acid groups (broad SMARTS) is 1. The highest BCUT2D eigenvalue weighted by Gasteiger charge is 2.24. The summed E-state index contributed by atoms with van der Waals surface area (Å²) in [6.07, 6.45) is 1.52. The second kappa shape index (κ2) is 3.88. The SMILES string of the molecule is Nc1nc2c(c(CC(=O)O)n1)C(=O)CCC2. The second-order valence-electron chi connectivity index (χ2n) is 3.70. The van der Waals surface area contributed by atoms with E-state index in [0.717, 1.165) is 6.42 Å². The lowest BCUT2D eigenvalue weighted by atomic mass is 9.92. The average molecular weight is 221 g/mol. The molecule has 16 heavy (non-hydrogen) atoms. The van der Waals surface area contributed by atoms with Crippen molar-refractivity contribution in [3.05, 3.63) is 17.0 Å². The van der Waals surface area contributed by atoms with E-state index in [2.05, 4.69) is 9.97 Å². The van der Waals surface area contributed by atoms with E-state index >= 15 is 0 Å². The Bertz CT molecular complexity index is 471. The summed E-state index contributed by atoms with van der Waals surface area (Å²) in [5.41, 5.74) is 6.66. The number of Topliss-reactive ketones (excluding diaryl/α,β-unsaturated/α-hetero) is 1. The molecule has 1 aliphatic carbocycles. The molecule has 1 aromatic rings. The number of anilines is 1. The summed E-state index contributed by atoms with van der Waals surface area (Å²) < 4.78 is 0. The largest absolute Gasteiger partial charge is 0.481 e. The molecule has 0 fully saturated rings. The number of aryl methyl sites for hydroxylation is 1. The van der Waals surface area contributed by atoms with Gasteiger partial charge in [-0.3, -0.25) is 9.59 Å². The predicted molar refractivity (Wildman–Crippen MR) is 55.1 cm³/mol. The number of hydrogen-bond acceptors (Lipinski definition) is 5. The molecule has 0 aromatic carbocycles. The highest BCUT2D eigenvalue weighted by atomic mass is 16.4. The molecule has 0 radical (unpaired) electrons. The van der Waals surface area contributed by atoms with Crippen LogP contribution < -0.4 is 5.73 Å². The van der Waals surface area contributed by atoms with Gasteiger partial charge in [0.25, 0.3) is 0 Å². The van der Waals surface area contributed by atoms with Crippen LogP contribution in [0.3, 0.4) is 0 Å². The standard InChI is InChI=1S/C10H11N3O3/c11-10-12-5-2-1-3-7(14)9(5)6(13-10)4-8(15)16/h1-4H2,(H,15,16)(H2,11,12,13). The van der Waals surface area contributed by atoms with Crippen molar-refractivity contribution in [1.29, 1.82) is 0 Å². The summed E-state index contributed by atoms with van der Waals surface area (Å²) in [5.74, 6) is -1.08. The molecule has 3 N–H and O–H groups in total. The number of aromatic nitrogens is 2. The molecular formula is C10H11N3O3. The van der Waals surface area contributed by atoms with E-state index in [1.807, 2.05) is 0 Å². The normalized spacial score (nSPS) is 14.6. The fourth-order valence-corrected chi connectivity index (χ4v) is 1.90. The number of fused-ring (bicyclic) bond motifs is 1. The van der Waals surface area contributed by atoms with Gasteiger partial charge >= 0.3 is 5.97 Å². The number of nitrogens with zero attached hydrogens (tertiary/aromatic N) is 2. The molecule has 6 nitrogen and oxygen atoms in total. The summed E-state index contributed by atoms with van der Waals surface area (Å²) in [6, 6.07) is 0.